The van der Waals surface area contributed by atoms with Gasteiger partial charge in [-0.05, 0) is 42.8 Å². The Hall–Kier alpha value is -2.19. The van der Waals surface area contributed by atoms with Crippen LogP contribution in [0.25, 0.3) is 0 Å². The molecule has 5 heteroatoms. The summed E-state index contributed by atoms with van der Waals surface area (Å²) in [6.07, 6.45) is 1.38. The van der Waals surface area contributed by atoms with E-state index in [0.29, 0.717) is 5.56 Å². The van der Waals surface area contributed by atoms with Gasteiger partial charge in [0.15, 0.2) is 0 Å². The van der Waals surface area contributed by atoms with Crippen molar-refractivity contribution in [2.24, 2.45) is 0 Å². The first-order valence-electron chi connectivity index (χ1n) is 5.54. The number of halogens is 1. The monoisotopic (exact) mass is 315 g/mol. The van der Waals surface area contributed by atoms with E-state index in [1.54, 1.807) is 6.07 Å². The van der Waals surface area contributed by atoms with E-state index in [1.807, 2.05) is 31.2 Å². The molecule has 2 rings (SSSR count). The predicted molar refractivity (Wildman–Crippen MR) is 75.8 cm³/mol. The van der Waals surface area contributed by atoms with Gasteiger partial charge in [-0.1, -0.05) is 15.9 Å². The third kappa shape index (κ3) is 3.18. The molecule has 19 heavy (non-hydrogen) atoms. The van der Waals surface area contributed by atoms with Gasteiger partial charge in [0.25, 0.3) is 5.91 Å². The molecule has 0 spiro atoms. The van der Waals surface area contributed by atoms with Crippen LogP contribution in [-0.4, -0.2) is 10.9 Å². The molecule has 0 unspecified atom stereocenters. The summed E-state index contributed by atoms with van der Waals surface area (Å²) in [6, 6.07) is 10.6. The van der Waals surface area contributed by atoms with Gasteiger partial charge >= 0.3 is 0 Å². The minimum atomic E-state index is -0.296. The molecule has 2 aromatic rings. The number of nitrogens with zero attached hydrogens (tertiary/aromatic N) is 2. The van der Waals surface area contributed by atoms with Crippen LogP contribution in [0.15, 0.2) is 41.0 Å². The van der Waals surface area contributed by atoms with Crippen molar-refractivity contribution in [3.8, 4) is 6.07 Å². The quantitative estimate of drug-likeness (QED) is 0.924. The van der Waals surface area contributed by atoms with Crippen LogP contribution in [0.4, 0.5) is 5.69 Å². The van der Waals surface area contributed by atoms with Gasteiger partial charge in [-0.25, -0.2) is 4.98 Å². The van der Waals surface area contributed by atoms with Crippen molar-refractivity contribution in [3.05, 3.63) is 57.8 Å². The van der Waals surface area contributed by atoms with Crippen molar-refractivity contribution in [1.29, 1.82) is 5.26 Å². The van der Waals surface area contributed by atoms with E-state index in [-0.39, 0.29) is 11.6 Å². The number of amides is 1. The number of anilines is 1. The summed E-state index contributed by atoms with van der Waals surface area (Å²) in [5.41, 5.74) is 2.40. The highest BCUT2D eigenvalue weighted by molar-refractivity contribution is 9.10. The number of rotatable bonds is 2. The second kappa shape index (κ2) is 5.63. The molecule has 0 aliphatic rings. The van der Waals surface area contributed by atoms with Crippen LogP contribution in [0.3, 0.4) is 0 Å². The van der Waals surface area contributed by atoms with Gasteiger partial charge in [-0.15, -0.1) is 0 Å². The Labute approximate surface area is 119 Å². The van der Waals surface area contributed by atoms with Crippen LogP contribution >= 0.6 is 15.9 Å². The van der Waals surface area contributed by atoms with Gasteiger partial charge in [-0.3, -0.25) is 4.79 Å². The second-order valence-corrected chi connectivity index (χ2v) is 4.87. The highest BCUT2D eigenvalue weighted by Crippen LogP contribution is 2.20. The fraction of sp³-hybridized carbons (Fsp3) is 0.0714. The molecule has 0 aliphatic carbocycles. The van der Waals surface area contributed by atoms with E-state index in [0.717, 1.165) is 15.7 Å². The summed E-state index contributed by atoms with van der Waals surface area (Å²) >= 11 is 3.37. The van der Waals surface area contributed by atoms with Gasteiger partial charge in [-0.2, -0.15) is 5.26 Å². The van der Waals surface area contributed by atoms with Crippen LogP contribution in [0.2, 0.25) is 0 Å². The van der Waals surface area contributed by atoms with Crippen molar-refractivity contribution in [1.82, 2.24) is 4.98 Å². The zero-order valence-electron chi connectivity index (χ0n) is 10.1. The van der Waals surface area contributed by atoms with Crippen LogP contribution in [0.1, 0.15) is 21.6 Å². The van der Waals surface area contributed by atoms with Gasteiger partial charge < -0.3 is 5.32 Å². The Morgan fingerprint density at radius 2 is 2.16 bits per heavy atom. The van der Waals surface area contributed by atoms with Gasteiger partial charge in [0.1, 0.15) is 11.8 Å². The van der Waals surface area contributed by atoms with Crippen molar-refractivity contribution in [2.75, 3.05) is 5.32 Å². The summed E-state index contributed by atoms with van der Waals surface area (Å²) in [7, 11) is 0. The minimum Gasteiger partial charge on any atom is -0.320 e. The van der Waals surface area contributed by atoms with Crippen LogP contribution in [0.5, 0.6) is 0 Å². The predicted octanol–water partition coefficient (Wildman–Crippen LogP) is 3.28. The normalized spacial score (nSPS) is 9.74. The minimum absolute atomic E-state index is 0.279. The fourth-order valence-electron chi connectivity index (χ4n) is 1.55. The first-order chi connectivity index (χ1) is 9.10. The Morgan fingerprint density at radius 3 is 2.74 bits per heavy atom. The van der Waals surface area contributed by atoms with E-state index >= 15 is 0 Å². The Bertz CT molecular complexity index is 659. The Balaban J connectivity index is 2.18. The van der Waals surface area contributed by atoms with E-state index in [1.165, 1.54) is 12.3 Å². The fourth-order valence-corrected chi connectivity index (χ4v) is 2.02. The Kier molecular flexibility index (Phi) is 3.93. The molecule has 1 N–H and O–H groups in total. The highest BCUT2D eigenvalue weighted by Gasteiger charge is 2.09. The first kappa shape index (κ1) is 13.2. The maximum absolute atomic E-state index is 12.0. The van der Waals surface area contributed by atoms with Gasteiger partial charge in [0.2, 0.25) is 0 Å². The van der Waals surface area contributed by atoms with Crippen LogP contribution in [0, 0.1) is 18.3 Å². The number of pyridine rings is 1. The molecule has 1 aromatic heterocycles. The van der Waals surface area contributed by atoms with Crippen molar-refractivity contribution < 1.29 is 4.79 Å². The molecule has 1 amide bonds. The van der Waals surface area contributed by atoms with E-state index in [4.69, 9.17) is 5.26 Å². The number of hydrogen-bond acceptors (Lipinski definition) is 3. The molecular formula is C14H10BrN3O. The smallest absolute Gasteiger partial charge is 0.274 e. The molecule has 0 saturated heterocycles. The number of hydrogen-bond donors (Lipinski definition) is 1. The number of benzene rings is 1. The molecule has 1 aromatic carbocycles. The van der Waals surface area contributed by atoms with Crippen molar-refractivity contribution in [3.63, 3.8) is 0 Å². The molecule has 0 bridgehead atoms. The highest BCUT2D eigenvalue weighted by atomic mass is 79.9. The molecule has 0 atom stereocenters. The van der Waals surface area contributed by atoms with E-state index in [9.17, 15) is 4.79 Å². The van der Waals surface area contributed by atoms with Gasteiger partial charge in [0.05, 0.1) is 5.56 Å². The van der Waals surface area contributed by atoms with Crippen LogP contribution < -0.4 is 5.32 Å². The average Bonchev–Trinajstić information content (AvgIpc) is 2.42. The largest absolute Gasteiger partial charge is 0.320 e. The SMILES string of the molecule is Cc1cc(Br)ccc1NC(=O)c1ccc(C#N)cn1. The van der Waals surface area contributed by atoms with E-state index in [2.05, 4.69) is 26.2 Å². The zero-order chi connectivity index (χ0) is 13.8. The molecule has 1 heterocycles. The lowest BCUT2D eigenvalue weighted by Gasteiger charge is -2.08. The second-order valence-electron chi connectivity index (χ2n) is 3.96. The lowest BCUT2D eigenvalue weighted by atomic mass is 10.2. The lowest BCUT2D eigenvalue weighted by Crippen LogP contribution is -2.14. The topological polar surface area (TPSA) is 65.8 Å². The third-order valence-corrected chi connectivity index (χ3v) is 3.06. The maximum Gasteiger partial charge on any atom is 0.274 e. The number of nitriles is 1. The number of aryl methyl sites for hydroxylation is 1. The molecular weight excluding hydrogens is 306 g/mol. The molecule has 4 nitrogen and oxygen atoms in total. The zero-order valence-corrected chi connectivity index (χ0v) is 11.7. The summed E-state index contributed by atoms with van der Waals surface area (Å²) < 4.78 is 0.958. The summed E-state index contributed by atoms with van der Waals surface area (Å²) in [6.45, 7) is 1.91. The maximum atomic E-state index is 12.0. The number of carbonyl (C=O) groups excluding carboxylic acids is 1. The number of carbonyl (C=O) groups is 1. The van der Waals surface area contributed by atoms with Crippen molar-refractivity contribution in [2.45, 2.75) is 6.92 Å². The molecule has 94 valence electrons. The number of aromatic nitrogens is 1. The first-order valence-corrected chi connectivity index (χ1v) is 6.33. The molecule has 0 radical (unpaired) electrons. The third-order valence-electron chi connectivity index (χ3n) is 2.56. The standard InChI is InChI=1S/C14H10BrN3O/c1-9-6-11(15)3-5-12(9)18-14(19)13-4-2-10(7-16)8-17-13/h2-6,8H,1H3,(H,18,19). The molecule has 0 aliphatic heterocycles. The summed E-state index contributed by atoms with van der Waals surface area (Å²) in [5.74, 6) is -0.296. The average molecular weight is 316 g/mol. The van der Waals surface area contributed by atoms with Crippen molar-refractivity contribution >= 4 is 27.5 Å². The van der Waals surface area contributed by atoms with Crippen LogP contribution in [-0.2, 0) is 0 Å². The summed E-state index contributed by atoms with van der Waals surface area (Å²) in [4.78, 5) is 15.9. The molecule has 0 saturated carbocycles. The Morgan fingerprint density at radius 1 is 1.37 bits per heavy atom. The summed E-state index contributed by atoms with van der Waals surface area (Å²) in [5, 5.41) is 11.5. The molecule has 0 fully saturated rings. The van der Waals surface area contributed by atoms with Gasteiger partial charge in [0, 0.05) is 16.4 Å². The lowest BCUT2D eigenvalue weighted by molar-refractivity contribution is 0.102. The van der Waals surface area contributed by atoms with E-state index < -0.39 is 0 Å². The number of nitrogens with one attached hydrogen (secondary N) is 1.